The Balaban J connectivity index is 1.97. The Morgan fingerprint density at radius 1 is 1.12 bits per heavy atom. The predicted octanol–water partition coefficient (Wildman–Crippen LogP) is 2.90. The topological polar surface area (TPSA) is 83.9 Å². The van der Waals surface area contributed by atoms with Crippen LogP contribution in [-0.4, -0.2) is 28.9 Å². The molecular weight excluding hydrogens is 322 g/mol. The number of Topliss-reactive ketones (excluding diaryl/α,β-unsaturated/α-hetero) is 1. The third kappa shape index (κ3) is 3.24. The van der Waals surface area contributed by atoms with Crippen LogP contribution in [0.5, 0.6) is 5.75 Å². The molecule has 1 unspecified atom stereocenters. The number of ketones is 1. The molecule has 0 radical (unpaired) electrons. The maximum absolute atomic E-state index is 12.6. The fraction of sp³-hybridized carbons (Fsp3) is 0.211. The van der Waals surface area contributed by atoms with Crippen LogP contribution >= 0.6 is 0 Å². The van der Waals surface area contributed by atoms with Gasteiger partial charge in [0.05, 0.1) is 17.8 Å². The van der Waals surface area contributed by atoms with Crippen LogP contribution in [0.3, 0.4) is 0 Å². The third-order valence-corrected chi connectivity index (χ3v) is 4.12. The van der Waals surface area contributed by atoms with E-state index in [0.29, 0.717) is 17.0 Å². The van der Waals surface area contributed by atoms with Crippen LogP contribution in [0.4, 0.5) is 5.69 Å². The molecule has 1 aliphatic rings. The normalized spacial score (nSPS) is 16.2. The molecule has 0 saturated carbocycles. The number of rotatable bonds is 4. The number of nitrogens with zero attached hydrogens (tertiary/aromatic N) is 1. The Hall–Kier alpha value is -3.15. The van der Waals surface area contributed by atoms with Gasteiger partial charge in [0.25, 0.3) is 5.91 Å². The molecule has 1 heterocycles. The summed E-state index contributed by atoms with van der Waals surface area (Å²) in [5, 5.41) is 8.97. The minimum Gasteiger partial charge on any atom is -0.479 e. The van der Waals surface area contributed by atoms with Crippen LogP contribution in [0.15, 0.2) is 42.5 Å². The number of anilines is 1. The first-order chi connectivity index (χ1) is 11.9. The largest absolute Gasteiger partial charge is 0.479 e. The lowest BCUT2D eigenvalue weighted by Gasteiger charge is -2.33. The zero-order valence-corrected chi connectivity index (χ0v) is 13.9. The quantitative estimate of drug-likeness (QED) is 0.866. The van der Waals surface area contributed by atoms with E-state index in [2.05, 4.69) is 0 Å². The summed E-state index contributed by atoms with van der Waals surface area (Å²) in [4.78, 5) is 36.7. The van der Waals surface area contributed by atoms with Gasteiger partial charge in [-0.25, -0.2) is 4.79 Å². The first-order valence-electron chi connectivity index (χ1n) is 7.82. The second-order valence-electron chi connectivity index (χ2n) is 5.93. The summed E-state index contributed by atoms with van der Waals surface area (Å²) >= 11 is 0. The Morgan fingerprint density at radius 2 is 1.76 bits per heavy atom. The van der Waals surface area contributed by atoms with Crippen molar-refractivity contribution in [2.24, 2.45) is 0 Å². The number of hydrogen-bond acceptors (Lipinski definition) is 4. The van der Waals surface area contributed by atoms with Gasteiger partial charge in [-0.05, 0) is 49.7 Å². The van der Waals surface area contributed by atoms with E-state index < -0.39 is 12.1 Å². The summed E-state index contributed by atoms with van der Waals surface area (Å²) in [5.74, 6) is -0.770. The summed E-state index contributed by atoms with van der Waals surface area (Å²) < 4.78 is 5.62. The molecule has 0 fully saturated rings. The fourth-order valence-electron chi connectivity index (χ4n) is 2.72. The van der Waals surface area contributed by atoms with Gasteiger partial charge < -0.3 is 14.7 Å². The second kappa shape index (κ2) is 6.39. The molecule has 0 saturated heterocycles. The number of hydrogen-bond donors (Lipinski definition) is 1. The molecule has 1 amide bonds. The van der Waals surface area contributed by atoms with E-state index in [1.165, 1.54) is 19.1 Å². The molecule has 128 valence electrons. The molecule has 6 heteroatoms. The highest BCUT2D eigenvalue weighted by atomic mass is 16.5. The van der Waals surface area contributed by atoms with Crippen molar-refractivity contribution < 1.29 is 24.2 Å². The summed E-state index contributed by atoms with van der Waals surface area (Å²) in [7, 11) is 0. The van der Waals surface area contributed by atoms with Crippen LogP contribution in [0, 0.1) is 0 Å². The van der Waals surface area contributed by atoms with E-state index in [4.69, 9.17) is 9.84 Å². The van der Waals surface area contributed by atoms with Crippen LogP contribution in [0.1, 0.15) is 40.1 Å². The number of carboxylic acids is 1. The predicted molar refractivity (Wildman–Crippen MR) is 91.1 cm³/mol. The van der Waals surface area contributed by atoms with E-state index in [-0.39, 0.29) is 23.8 Å². The van der Waals surface area contributed by atoms with E-state index in [1.807, 2.05) is 0 Å². The first-order valence-corrected chi connectivity index (χ1v) is 7.82. The van der Waals surface area contributed by atoms with E-state index in [0.717, 1.165) is 5.56 Å². The molecule has 0 spiro atoms. The Labute approximate surface area is 144 Å². The van der Waals surface area contributed by atoms with Gasteiger partial charge in [0.15, 0.2) is 11.9 Å². The van der Waals surface area contributed by atoms with Crippen molar-refractivity contribution in [3.8, 4) is 5.75 Å². The highest BCUT2D eigenvalue weighted by Gasteiger charge is 2.32. The van der Waals surface area contributed by atoms with E-state index >= 15 is 0 Å². The summed E-state index contributed by atoms with van der Waals surface area (Å²) in [6.45, 7) is 3.40. The number of aromatic carboxylic acids is 1. The number of benzene rings is 2. The van der Waals surface area contributed by atoms with Crippen molar-refractivity contribution in [1.82, 2.24) is 0 Å². The van der Waals surface area contributed by atoms with Gasteiger partial charge in [-0.2, -0.15) is 0 Å². The van der Waals surface area contributed by atoms with Crippen LogP contribution in [-0.2, 0) is 11.3 Å². The van der Waals surface area contributed by atoms with Gasteiger partial charge in [-0.15, -0.1) is 0 Å². The highest BCUT2D eigenvalue weighted by molar-refractivity contribution is 6.02. The molecule has 0 aliphatic carbocycles. The summed E-state index contributed by atoms with van der Waals surface area (Å²) in [5.41, 5.74) is 2.00. The number of carbonyl (C=O) groups is 3. The molecule has 1 atom stereocenters. The standard InChI is InChI=1S/C19H17NO5/c1-11(21)15-7-8-17-16(9-15)20(18(22)12(2)25-17)10-13-3-5-14(6-4-13)19(23)24/h3-9,12H,10H2,1-2H3,(H,23,24). The number of carboxylic acid groups (broad SMARTS) is 1. The molecule has 2 aromatic rings. The van der Waals surface area contributed by atoms with Gasteiger partial charge in [-0.1, -0.05) is 12.1 Å². The number of ether oxygens (including phenoxy) is 1. The number of carbonyl (C=O) groups excluding carboxylic acids is 2. The lowest BCUT2D eigenvalue weighted by Crippen LogP contribution is -2.44. The SMILES string of the molecule is CC(=O)c1ccc2c(c1)N(Cc1ccc(C(=O)O)cc1)C(=O)C(C)O2. The lowest BCUT2D eigenvalue weighted by atomic mass is 10.1. The Bertz CT molecular complexity index is 857. The number of amides is 1. The molecule has 0 aromatic heterocycles. The Morgan fingerprint density at radius 3 is 2.36 bits per heavy atom. The van der Waals surface area contributed by atoms with E-state index in [9.17, 15) is 14.4 Å². The van der Waals surface area contributed by atoms with Gasteiger partial charge >= 0.3 is 5.97 Å². The molecule has 0 bridgehead atoms. The maximum Gasteiger partial charge on any atom is 0.335 e. The van der Waals surface area contributed by atoms with E-state index in [1.54, 1.807) is 42.2 Å². The minimum atomic E-state index is -1.00. The lowest BCUT2D eigenvalue weighted by molar-refractivity contribution is -0.125. The van der Waals surface area contributed by atoms with Crippen molar-refractivity contribution in [2.45, 2.75) is 26.5 Å². The molecule has 1 N–H and O–H groups in total. The molecule has 1 aliphatic heterocycles. The van der Waals surface area contributed by atoms with Crippen molar-refractivity contribution in [2.75, 3.05) is 4.90 Å². The summed E-state index contributed by atoms with van der Waals surface area (Å²) in [6.07, 6.45) is -0.631. The fourth-order valence-corrected chi connectivity index (χ4v) is 2.72. The van der Waals surface area contributed by atoms with Gasteiger partial charge in [0.2, 0.25) is 0 Å². The summed E-state index contributed by atoms with van der Waals surface area (Å²) in [6, 6.07) is 11.3. The molecule has 25 heavy (non-hydrogen) atoms. The molecule has 2 aromatic carbocycles. The number of fused-ring (bicyclic) bond motifs is 1. The average molecular weight is 339 g/mol. The monoisotopic (exact) mass is 339 g/mol. The van der Waals surface area contributed by atoms with Gasteiger partial charge in [0.1, 0.15) is 5.75 Å². The second-order valence-corrected chi connectivity index (χ2v) is 5.93. The zero-order valence-electron chi connectivity index (χ0n) is 13.9. The van der Waals surface area contributed by atoms with Crippen molar-refractivity contribution >= 4 is 23.3 Å². The molecule has 3 rings (SSSR count). The van der Waals surface area contributed by atoms with Crippen molar-refractivity contribution in [1.29, 1.82) is 0 Å². The van der Waals surface area contributed by atoms with Gasteiger partial charge in [-0.3, -0.25) is 9.59 Å². The average Bonchev–Trinajstić information content (AvgIpc) is 2.59. The highest BCUT2D eigenvalue weighted by Crippen LogP contribution is 2.36. The molecular formula is C19H17NO5. The van der Waals surface area contributed by atoms with Crippen LogP contribution in [0.2, 0.25) is 0 Å². The maximum atomic E-state index is 12.6. The molecule has 6 nitrogen and oxygen atoms in total. The van der Waals surface area contributed by atoms with Crippen LogP contribution in [0.25, 0.3) is 0 Å². The van der Waals surface area contributed by atoms with Gasteiger partial charge in [0, 0.05) is 5.56 Å². The van der Waals surface area contributed by atoms with Crippen molar-refractivity contribution in [3.05, 3.63) is 59.2 Å². The first kappa shape index (κ1) is 16.7. The smallest absolute Gasteiger partial charge is 0.335 e. The van der Waals surface area contributed by atoms with Crippen LogP contribution < -0.4 is 9.64 Å². The zero-order chi connectivity index (χ0) is 18.1. The Kier molecular flexibility index (Phi) is 4.27. The van der Waals surface area contributed by atoms with Crippen molar-refractivity contribution in [3.63, 3.8) is 0 Å². The third-order valence-electron chi connectivity index (χ3n) is 4.12. The minimum absolute atomic E-state index is 0.0976.